The Morgan fingerprint density at radius 3 is 2.16 bits per heavy atom. The fourth-order valence-electron chi connectivity index (χ4n) is 1.97. The molecule has 2 aromatic rings. The van der Waals surface area contributed by atoms with Gasteiger partial charge in [0.25, 0.3) is 11.8 Å². The zero-order chi connectivity index (χ0) is 18.1. The molecule has 0 fully saturated rings. The molecular weight excluding hydrogens is 336 g/mol. The van der Waals surface area contributed by atoms with E-state index >= 15 is 0 Å². The third kappa shape index (κ3) is 5.89. The number of rotatable bonds is 5. The molecule has 4 N–H and O–H groups in total. The molecular formula is C18H20N4O2S. The highest BCUT2D eigenvalue weighted by Gasteiger charge is 2.08. The highest BCUT2D eigenvalue weighted by atomic mass is 32.1. The van der Waals surface area contributed by atoms with Crippen molar-refractivity contribution in [1.82, 2.24) is 16.2 Å². The van der Waals surface area contributed by atoms with Crippen molar-refractivity contribution in [2.75, 3.05) is 11.9 Å². The maximum Gasteiger partial charge on any atom is 0.269 e. The maximum atomic E-state index is 12.1. The van der Waals surface area contributed by atoms with Gasteiger partial charge in [-0.25, -0.2) is 0 Å². The Morgan fingerprint density at radius 1 is 0.880 bits per heavy atom. The molecule has 0 saturated carbocycles. The van der Waals surface area contributed by atoms with Gasteiger partial charge in [0, 0.05) is 23.4 Å². The number of hydrazine groups is 1. The van der Waals surface area contributed by atoms with Crippen molar-refractivity contribution >= 4 is 34.8 Å². The van der Waals surface area contributed by atoms with Crippen molar-refractivity contribution < 1.29 is 9.59 Å². The number of nitrogens with one attached hydrogen (secondary N) is 4. The lowest BCUT2D eigenvalue weighted by atomic mass is 10.2. The van der Waals surface area contributed by atoms with Gasteiger partial charge in [0.1, 0.15) is 0 Å². The van der Waals surface area contributed by atoms with Crippen molar-refractivity contribution in [2.45, 2.75) is 13.3 Å². The Morgan fingerprint density at radius 2 is 1.52 bits per heavy atom. The fraction of sp³-hybridized carbons (Fsp3) is 0.167. The first-order chi connectivity index (χ1) is 12.1. The van der Waals surface area contributed by atoms with Crippen LogP contribution in [0.15, 0.2) is 54.6 Å². The summed E-state index contributed by atoms with van der Waals surface area (Å²) in [4.78, 5) is 24.1. The predicted molar refractivity (Wildman–Crippen MR) is 102 cm³/mol. The lowest BCUT2D eigenvalue weighted by Gasteiger charge is -2.11. The van der Waals surface area contributed by atoms with Gasteiger partial charge >= 0.3 is 0 Å². The first-order valence-corrected chi connectivity index (χ1v) is 8.31. The second-order valence-electron chi connectivity index (χ2n) is 5.23. The molecule has 0 saturated heterocycles. The zero-order valence-corrected chi connectivity index (χ0v) is 14.7. The van der Waals surface area contributed by atoms with Gasteiger partial charge in [-0.3, -0.25) is 20.4 Å². The van der Waals surface area contributed by atoms with Gasteiger partial charge in [0.15, 0.2) is 5.11 Å². The summed E-state index contributed by atoms with van der Waals surface area (Å²) >= 11 is 5.02. The number of carbonyl (C=O) groups is 2. The van der Waals surface area contributed by atoms with Crippen molar-refractivity contribution in [3.63, 3.8) is 0 Å². The number of carbonyl (C=O) groups excluding carboxylic acids is 2. The summed E-state index contributed by atoms with van der Waals surface area (Å²) in [6, 6.07) is 15.5. The van der Waals surface area contributed by atoms with E-state index in [1.165, 1.54) is 0 Å². The average Bonchev–Trinajstić information content (AvgIpc) is 2.65. The van der Waals surface area contributed by atoms with E-state index in [0.29, 0.717) is 21.9 Å². The molecule has 0 aromatic heterocycles. The monoisotopic (exact) mass is 356 g/mol. The number of hydrogen-bond donors (Lipinski definition) is 4. The Bertz CT molecular complexity index is 733. The molecule has 0 atom stereocenters. The normalized spacial score (nSPS) is 9.80. The highest BCUT2D eigenvalue weighted by molar-refractivity contribution is 7.80. The number of amides is 2. The van der Waals surface area contributed by atoms with Crippen LogP contribution in [0.1, 0.15) is 34.1 Å². The Labute approximate surface area is 152 Å². The lowest BCUT2D eigenvalue weighted by Crippen LogP contribution is -2.46. The van der Waals surface area contributed by atoms with E-state index in [0.717, 1.165) is 13.0 Å². The molecule has 25 heavy (non-hydrogen) atoms. The Kier molecular flexibility index (Phi) is 6.91. The minimum atomic E-state index is -0.318. The quantitative estimate of drug-likeness (QED) is 0.489. The summed E-state index contributed by atoms with van der Waals surface area (Å²) in [5.74, 6) is -0.520. The SMILES string of the molecule is CCCNC(=S)NNC(=O)c1ccc(NC(=O)c2ccccc2)cc1. The van der Waals surface area contributed by atoms with Crippen LogP contribution in [-0.4, -0.2) is 23.5 Å². The summed E-state index contributed by atoms with van der Waals surface area (Å²) in [6.07, 6.45) is 0.936. The molecule has 7 heteroatoms. The first kappa shape index (κ1) is 18.4. The smallest absolute Gasteiger partial charge is 0.269 e. The van der Waals surface area contributed by atoms with E-state index in [4.69, 9.17) is 12.2 Å². The highest BCUT2D eigenvalue weighted by Crippen LogP contribution is 2.11. The average molecular weight is 356 g/mol. The second-order valence-corrected chi connectivity index (χ2v) is 5.64. The molecule has 0 aliphatic heterocycles. The van der Waals surface area contributed by atoms with Gasteiger partial charge in [0.05, 0.1) is 0 Å². The topological polar surface area (TPSA) is 82.3 Å². The van der Waals surface area contributed by atoms with Gasteiger partial charge in [-0.15, -0.1) is 0 Å². The van der Waals surface area contributed by atoms with Crippen molar-refractivity contribution in [2.24, 2.45) is 0 Å². The predicted octanol–water partition coefficient (Wildman–Crippen LogP) is 2.46. The molecule has 2 aromatic carbocycles. The second kappa shape index (κ2) is 9.39. The summed E-state index contributed by atoms with van der Waals surface area (Å²) in [6.45, 7) is 2.75. The van der Waals surface area contributed by atoms with Crippen LogP contribution in [0.25, 0.3) is 0 Å². The van der Waals surface area contributed by atoms with Crippen LogP contribution in [0.5, 0.6) is 0 Å². The third-order valence-corrected chi connectivity index (χ3v) is 3.51. The maximum absolute atomic E-state index is 12.1. The minimum absolute atomic E-state index is 0.202. The zero-order valence-electron chi connectivity index (χ0n) is 13.8. The third-order valence-electron chi connectivity index (χ3n) is 3.27. The Hall–Kier alpha value is -2.93. The number of benzene rings is 2. The summed E-state index contributed by atoms with van der Waals surface area (Å²) in [5.41, 5.74) is 6.78. The molecule has 130 valence electrons. The Balaban J connectivity index is 1.87. The molecule has 0 bridgehead atoms. The van der Waals surface area contributed by atoms with Crippen LogP contribution in [-0.2, 0) is 0 Å². The van der Waals surface area contributed by atoms with E-state index in [9.17, 15) is 9.59 Å². The van der Waals surface area contributed by atoms with E-state index < -0.39 is 0 Å². The molecule has 0 spiro atoms. The van der Waals surface area contributed by atoms with Crippen LogP contribution in [0, 0.1) is 0 Å². The first-order valence-electron chi connectivity index (χ1n) is 7.91. The van der Waals surface area contributed by atoms with E-state index in [1.54, 1.807) is 48.5 Å². The van der Waals surface area contributed by atoms with Gasteiger partial charge < -0.3 is 10.6 Å². The van der Waals surface area contributed by atoms with Crippen molar-refractivity contribution in [3.8, 4) is 0 Å². The number of thiocarbonyl (C=S) groups is 1. The molecule has 0 radical (unpaired) electrons. The fourth-order valence-corrected chi connectivity index (χ4v) is 2.12. The molecule has 0 heterocycles. The summed E-state index contributed by atoms with van der Waals surface area (Å²) in [7, 11) is 0. The van der Waals surface area contributed by atoms with E-state index in [1.807, 2.05) is 13.0 Å². The van der Waals surface area contributed by atoms with Gasteiger partial charge in [-0.2, -0.15) is 0 Å². The number of hydrogen-bond acceptors (Lipinski definition) is 3. The van der Waals surface area contributed by atoms with Crippen LogP contribution < -0.4 is 21.5 Å². The molecule has 2 rings (SSSR count). The largest absolute Gasteiger partial charge is 0.361 e. The molecule has 0 aliphatic rings. The lowest BCUT2D eigenvalue weighted by molar-refractivity contribution is 0.0943. The molecule has 6 nitrogen and oxygen atoms in total. The van der Waals surface area contributed by atoms with Crippen molar-refractivity contribution in [3.05, 3.63) is 65.7 Å². The van der Waals surface area contributed by atoms with Gasteiger partial charge in [0.2, 0.25) is 0 Å². The van der Waals surface area contributed by atoms with Crippen LogP contribution in [0.4, 0.5) is 5.69 Å². The van der Waals surface area contributed by atoms with Gasteiger partial charge in [-0.05, 0) is 55.0 Å². The summed E-state index contributed by atoms with van der Waals surface area (Å²) in [5, 5.41) is 6.09. The van der Waals surface area contributed by atoms with Gasteiger partial charge in [-0.1, -0.05) is 25.1 Å². The van der Waals surface area contributed by atoms with Crippen molar-refractivity contribution in [1.29, 1.82) is 0 Å². The van der Waals surface area contributed by atoms with Crippen LogP contribution in [0.3, 0.4) is 0 Å². The van der Waals surface area contributed by atoms with Crippen LogP contribution in [0.2, 0.25) is 0 Å². The minimum Gasteiger partial charge on any atom is -0.361 e. The van der Waals surface area contributed by atoms with Crippen LogP contribution >= 0.6 is 12.2 Å². The molecule has 2 amide bonds. The standard InChI is InChI=1S/C18H20N4O2S/c1-2-12-19-18(25)22-21-17(24)14-8-10-15(11-9-14)20-16(23)13-6-4-3-5-7-13/h3-11H,2,12H2,1H3,(H,20,23)(H,21,24)(H2,19,22,25). The number of anilines is 1. The molecule has 0 unspecified atom stereocenters. The summed E-state index contributed by atoms with van der Waals surface area (Å²) < 4.78 is 0. The molecule has 0 aliphatic carbocycles. The van der Waals surface area contributed by atoms with E-state index in [2.05, 4.69) is 21.5 Å². The van der Waals surface area contributed by atoms with E-state index in [-0.39, 0.29) is 11.8 Å².